The topological polar surface area (TPSA) is 57.9 Å². The zero-order valence-corrected chi connectivity index (χ0v) is 20.5. The Morgan fingerprint density at radius 2 is 1.87 bits per heavy atom. The molecule has 0 saturated carbocycles. The number of rotatable bonds is 8. The summed E-state index contributed by atoms with van der Waals surface area (Å²) in [4.78, 5) is 35.6. The molecule has 1 fully saturated rings. The number of hydrogen-bond donors (Lipinski definition) is 0. The molecule has 2 aromatic rings. The number of thiocarbonyl (C=S) groups is 1. The van der Waals surface area contributed by atoms with E-state index in [0.29, 0.717) is 38.7 Å². The van der Waals surface area contributed by atoms with Gasteiger partial charge in [0.15, 0.2) is 0 Å². The number of aromatic nitrogens is 2. The summed E-state index contributed by atoms with van der Waals surface area (Å²) in [6.45, 7) is 12.4. The van der Waals surface area contributed by atoms with Gasteiger partial charge in [-0.05, 0) is 43.4 Å². The summed E-state index contributed by atoms with van der Waals surface area (Å²) < 4.78 is 2.10. The second kappa shape index (κ2) is 9.96. The lowest BCUT2D eigenvalue weighted by molar-refractivity contribution is -0.122. The molecule has 3 heterocycles. The van der Waals surface area contributed by atoms with E-state index in [1.54, 1.807) is 21.6 Å². The Bertz CT molecular complexity index is 1080. The van der Waals surface area contributed by atoms with Gasteiger partial charge in [-0.15, -0.1) is 0 Å². The minimum Gasteiger partial charge on any atom is -0.356 e. The van der Waals surface area contributed by atoms with E-state index in [9.17, 15) is 9.59 Å². The average Bonchev–Trinajstić information content (AvgIpc) is 2.97. The Morgan fingerprint density at radius 1 is 1.19 bits per heavy atom. The van der Waals surface area contributed by atoms with Crippen molar-refractivity contribution < 1.29 is 4.79 Å². The molecule has 1 amide bonds. The van der Waals surface area contributed by atoms with Crippen LogP contribution in [0, 0.1) is 12.8 Å². The Hall–Kier alpha value is -2.19. The maximum Gasteiger partial charge on any atom is 0.267 e. The van der Waals surface area contributed by atoms with Crippen molar-refractivity contribution in [1.29, 1.82) is 0 Å². The fourth-order valence-electron chi connectivity index (χ4n) is 3.63. The molecule has 1 saturated heterocycles. The van der Waals surface area contributed by atoms with Crippen LogP contribution in [0.25, 0.3) is 11.7 Å². The number of aryl methyl sites for hydroxylation is 1. The Morgan fingerprint density at radius 3 is 2.48 bits per heavy atom. The first-order valence-electron chi connectivity index (χ1n) is 10.8. The molecular formula is C23H30N4O2S2. The van der Waals surface area contributed by atoms with Crippen molar-refractivity contribution in [2.24, 2.45) is 5.92 Å². The van der Waals surface area contributed by atoms with Crippen molar-refractivity contribution in [3.63, 3.8) is 0 Å². The van der Waals surface area contributed by atoms with Crippen molar-refractivity contribution in [1.82, 2.24) is 14.3 Å². The number of fused-ring (bicyclic) bond motifs is 1. The van der Waals surface area contributed by atoms with Gasteiger partial charge in [-0.3, -0.25) is 18.9 Å². The number of carbonyl (C=O) groups is 1. The predicted octanol–water partition coefficient (Wildman–Crippen LogP) is 4.49. The van der Waals surface area contributed by atoms with Crippen LogP contribution >= 0.6 is 24.0 Å². The Labute approximate surface area is 193 Å². The van der Waals surface area contributed by atoms with Crippen LogP contribution in [0.2, 0.25) is 0 Å². The molecule has 0 atom stereocenters. The number of amides is 1. The van der Waals surface area contributed by atoms with Crippen molar-refractivity contribution in [3.05, 3.63) is 44.7 Å². The van der Waals surface area contributed by atoms with Crippen LogP contribution in [0.3, 0.4) is 0 Å². The average molecular weight is 459 g/mol. The van der Waals surface area contributed by atoms with E-state index in [1.165, 1.54) is 11.8 Å². The van der Waals surface area contributed by atoms with E-state index in [0.717, 1.165) is 31.5 Å². The summed E-state index contributed by atoms with van der Waals surface area (Å²) in [7, 11) is 0. The van der Waals surface area contributed by atoms with Crippen LogP contribution in [0.5, 0.6) is 0 Å². The Balaban J connectivity index is 2.19. The quantitative estimate of drug-likeness (QED) is 0.429. The molecule has 1 aliphatic rings. The summed E-state index contributed by atoms with van der Waals surface area (Å²) in [5, 5.41) is 0. The summed E-state index contributed by atoms with van der Waals surface area (Å²) >= 11 is 6.70. The van der Waals surface area contributed by atoms with Gasteiger partial charge in [-0.25, -0.2) is 4.98 Å². The molecule has 2 aromatic heterocycles. The van der Waals surface area contributed by atoms with Crippen LogP contribution in [-0.2, 0) is 4.79 Å². The number of carbonyl (C=O) groups excluding carboxylic acids is 1. The highest BCUT2D eigenvalue weighted by Crippen LogP contribution is 2.34. The SMILES string of the molecule is CCCN(CCC)c1nc2ccc(C)cn2c(=O)c1/C=C1\SC(=S)N(CC(C)C)C1=O. The van der Waals surface area contributed by atoms with Crippen molar-refractivity contribution >= 4 is 51.7 Å². The summed E-state index contributed by atoms with van der Waals surface area (Å²) in [5.41, 5.74) is 1.84. The summed E-state index contributed by atoms with van der Waals surface area (Å²) in [6.07, 6.45) is 5.35. The maximum absolute atomic E-state index is 13.5. The lowest BCUT2D eigenvalue weighted by atomic mass is 10.2. The van der Waals surface area contributed by atoms with Gasteiger partial charge in [-0.1, -0.05) is 57.7 Å². The molecule has 3 rings (SSSR count). The zero-order valence-electron chi connectivity index (χ0n) is 18.8. The van der Waals surface area contributed by atoms with Crippen LogP contribution < -0.4 is 10.5 Å². The van der Waals surface area contributed by atoms with Crippen LogP contribution in [0.15, 0.2) is 28.0 Å². The minimum absolute atomic E-state index is 0.138. The maximum atomic E-state index is 13.5. The lowest BCUT2D eigenvalue weighted by Crippen LogP contribution is -2.32. The monoisotopic (exact) mass is 458 g/mol. The molecule has 166 valence electrons. The molecule has 1 aliphatic heterocycles. The smallest absolute Gasteiger partial charge is 0.267 e. The first-order chi connectivity index (χ1) is 14.8. The highest BCUT2D eigenvalue weighted by atomic mass is 32.2. The predicted molar refractivity (Wildman–Crippen MR) is 134 cm³/mol. The van der Waals surface area contributed by atoms with E-state index in [2.05, 4.69) is 32.6 Å². The van der Waals surface area contributed by atoms with Gasteiger partial charge < -0.3 is 4.90 Å². The number of pyridine rings is 1. The van der Waals surface area contributed by atoms with Crippen molar-refractivity contribution in [2.45, 2.75) is 47.5 Å². The third-order valence-corrected chi connectivity index (χ3v) is 6.35. The highest BCUT2D eigenvalue weighted by Gasteiger charge is 2.33. The van der Waals surface area contributed by atoms with Gasteiger partial charge in [0.2, 0.25) is 0 Å². The third-order valence-electron chi connectivity index (χ3n) is 4.97. The van der Waals surface area contributed by atoms with Crippen LogP contribution in [-0.4, -0.2) is 44.1 Å². The number of hydrogen-bond acceptors (Lipinski definition) is 6. The number of nitrogens with zero attached hydrogens (tertiary/aromatic N) is 4. The van der Waals surface area contributed by atoms with Crippen LogP contribution in [0.1, 0.15) is 51.7 Å². The van der Waals surface area contributed by atoms with Gasteiger partial charge in [0, 0.05) is 25.8 Å². The van der Waals surface area contributed by atoms with E-state index in [1.807, 2.05) is 19.1 Å². The van der Waals surface area contributed by atoms with E-state index in [4.69, 9.17) is 17.2 Å². The molecule has 0 N–H and O–H groups in total. The molecule has 0 aliphatic carbocycles. The fraction of sp³-hybridized carbons (Fsp3) is 0.478. The van der Waals surface area contributed by atoms with E-state index >= 15 is 0 Å². The summed E-state index contributed by atoms with van der Waals surface area (Å²) in [6, 6.07) is 3.81. The fourth-order valence-corrected chi connectivity index (χ4v) is 4.89. The highest BCUT2D eigenvalue weighted by molar-refractivity contribution is 8.26. The normalized spacial score (nSPS) is 15.7. The second-order valence-electron chi connectivity index (χ2n) is 8.26. The Kier molecular flexibility index (Phi) is 7.54. The van der Waals surface area contributed by atoms with Gasteiger partial charge >= 0.3 is 0 Å². The standard InChI is InChI=1S/C23H30N4O2S2/c1-6-10-25(11-7-2)20-17(21(28)26-14-16(5)8-9-19(26)24-20)12-18-22(29)27(13-15(3)4)23(30)31-18/h8-9,12,14-15H,6-7,10-11,13H2,1-5H3/b18-12-. The molecule has 6 nitrogen and oxygen atoms in total. The molecule has 0 spiro atoms. The van der Waals surface area contributed by atoms with Crippen molar-refractivity contribution in [2.75, 3.05) is 24.5 Å². The zero-order chi connectivity index (χ0) is 22.7. The molecule has 31 heavy (non-hydrogen) atoms. The van der Waals surface area contributed by atoms with E-state index < -0.39 is 0 Å². The number of thioether (sulfide) groups is 1. The van der Waals surface area contributed by atoms with Crippen molar-refractivity contribution in [3.8, 4) is 0 Å². The summed E-state index contributed by atoms with van der Waals surface area (Å²) in [5.74, 6) is 0.797. The largest absolute Gasteiger partial charge is 0.356 e. The van der Waals surface area contributed by atoms with Gasteiger partial charge in [0.25, 0.3) is 11.5 Å². The molecule has 0 radical (unpaired) electrons. The molecule has 0 bridgehead atoms. The third kappa shape index (κ3) is 5.01. The first kappa shape index (κ1) is 23.5. The minimum atomic E-state index is -0.171. The molecule has 0 aromatic carbocycles. The van der Waals surface area contributed by atoms with Crippen LogP contribution in [0.4, 0.5) is 5.82 Å². The van der Waals surface area contributed by atoms with Gasteiger partial charge in [-0.2, -0.15) is 0 Å². The lowest BCUT2D eigenvalue weighted by Gasteiger charge is -2.24. The number of anilines is 1. The molecule has 8 heteroatoms. The first-order valence-corrected chi connectivity index (χ1v) is 12.0. The van der Waals surface area contributed by atoms with E-state index in [-0.39, 0.29) is 11.5 Å². The molecular weight excluding hydrogens is 428 g/mol. The van der Waals surface area contributed by atoms with Gasteiger partial charge in [0.05, 0.1) is 10.5 Å². The molecule has 0 unspecified atom stereocenters. The second-order valence-corrected chi connectivity index (χ2v) is 9.94. The van der Waals surface area contributed by atoms with Gasteiger partial charge in [0.1, 0.15) is 15.8 Å².